The van der Waals surface area contributed by atoms with Crippen molar-refractivity contribution in [3.05, 3.63) is 59.1 Å². The second-order valence-corrected chi connectivity index (χ2v) is 8.87. The number of ketones is 1. The molecule has 9 nitrogen and oxygen atoms in total. The van der Waals surface area contributed by atoms with Crippen LogP contribution in [0.5, 0.6) is 17.2 Å². The quantitative estimate of drug-likeness (QED) is 0.504. The van der Waals surface area contributed by atoms with Crippen LogP contribution < -0.4 is 19.5 Å². The number of anilines is 1. The molecule has 34 heavy (non-hydrogen) atoms. The monoisotopic (exact) mass is 479 g/mol. The molecule has 1 aliphatic carbocycles. The van der Waals surface area contributed by atoms with Crippen molar-refractivity contribution in [2.24, 2.45) is 0 Å². The van der Waals surface area contributed by atoms with Crippen LogP contribution in [0.4, 0.5) is 5.95 Å². The summed E-state index contributed by atoms with van der Waals surface area (Å²) in [5, 5.41) is 8.75. The fraction of sp³-hybridized carbons (Fsp3) is 0.333. The van der Waals surface area contributed by atoms with Crippen LogP contribution in [-0.2, 0) is 10.5 Å². The van der Waals surface area contributed by atoms with Crippen LogP contribution in [0.25, 0.3) is 0 Å². The normalized spacial score (nSPS) is 17.0. The number of carbonyl (C=O) groups is 1. The highest BCUT2D eigenvalue weighted by atomic mass is 32.2. The van der Waals surface area contributed by atoms with Crippen LogP contribution in [0.15, 0.2) is 53.0 Å². The van der Waals surface area contributed by atoms with Gasteiger partial charge in [-0.2, -0.15) is 4.98 Å². The number of Topliss-reactive ketones (excluding diaryl/α,β-unsaturated/α-hetero) is 1. The van der Waals surface area contributed by atoms with E-state index in [0.717, 1.165) is 29.8 Å². The lowest BCUT2D eigenvalue weighted by atomic mass is 9.85. The molecule has 0 saturated carbocycles. The Bertz CT molecular complexity index is 1230. The van der Waals surface area contributed by atoms with E-state index in [1.54, 1.807) is 32.2 Å². The Morgan fingerprint density at radius 1 is 1.12 bits per heavy atom. The van der Waals surface area contributed by atoms with Gasteiger partial charge in [0, 0.05) is 29.6 Å². The molecule has 0 amide bonds. The number of aromatic nitrogens is 4. The third-order valence-electron chi connectivity index (χ3n) is 5.93. The number of allylic oxidation sites excluding steroid dienone is 2. The predicted molar refractivity (Wildman–Crippen MR) is 128 cm³/mol. The van der Waals surface area contributed by atoms with E-state index in [2.05, 4.69) is 10.3 Å². The minimum atomic E-state index is -0.454. The number of rotatable bonds is 7. The molecular weight excluding hydrogens is 454 g/mol. The Hall–Kier alpha value is -3.53. The topological polar surface area (TPSA) is 100 Å². The van der Waals surface area contributed by atoms with E-state index < -0.39 is 6.04 Å². The molecule has 0 radical (unpaired) electrons. The van der Waals surface area contributed by atoms with Crippen LogP contribution in [0, 0.1) is 0 Å². The summed E-state index contributed by atoms with van der Waals surface area (Å²) in [7, 11) is 4.72. The number of hydrogen-bond donors (Lipinski definition) is 1. The first-order valence-corrected chi connectivity index (χ1v) is 11.9. The molecule has 2 aromatic heterocycles. The predicted octanol–water partition coefficient (Wildman–Crippen LogP) is 4.01. The van der Waals surface area contributed by atoms with Gasteiger partial charge in [-0.1, -0.05) is 17.8 Å². The number of hydrogen-bond acceptors (Lipinski definition) is 9. The SMILES string of the molecule is COc1cc(C2C3=C(CCCC3=O)Nc3nc(SCc4ccccn4)nn32)cc(OC)c1OC. The molecule has 1 N–H and O–H groups in total. The molecule has 5 rings (SSSR count). The maximum atomic E-state index is 13.1. The third-order valence-corrected chi connectivity index (χ3v) is 6.80. The van der Waals surface area contributed by atoms with Crippen molar-refractivity contribution in [3.63, 3.8) is 0 Å². The number of ether oxygens (including phenoxy) is 3. The number of nitrogens with zero attached hydrogens (tertiary/aromatic N) is 4. The largest absolute Gasteiger partial charge is 0.493 e. The summed E-state index contributed by atoms with van der Waals surface area (Å²) in [6.07, 6.45) is 3.87. The molecule has 2 aliphatic rings. The van der Waals surface area contributed by atoms with Crippen molar-refractivity contribution >= 4 is 23.5 Å². The molecule has 3 heterocycles. The lowest BCUT2D eigenvalue weighted by Gasteiger charge is -2.32. The fourth-order valence-corrected chi connectivity index (χ4v) is 5.13. The van der Waals surface area contributed by atoms with Gasteiger partial charge in [-0.25, -0.2) is 4.68 Å². The zero-order chi connectivity index (χ0) is 23.7. The van der Waals surface area contributed by atoms with E-state index in [9.17, 15) is 4.79 Å². The number of pyridine rings is 1. The Morgan fingerprint density at radius 2 is 1.91 bits per heavy atom. The molecule has 1 unspecified atom stereocenters. The van der Waals surface area contributed by atoms with Crippen molar-refractivity contribution in [2.75, 3.05) is 26.6 Å². The molecule has 0 fully saturated rings. The summed E-state index contributed by atoms with van der Waals surface area (Å²) < 4.78 is 18.4. The zero-order valence-corrected chi connectivity index (χ0v) is 20.0. The number of methoxy groups -OCH3 is 3. The van der Waals surface area contributed by atoms with Gasteiger partial charge < -0.3 is 19.5 Å². The van der Waals surface area contributed by atoms with E-state index in [1.807, 2.05) is 30.3 Å². The van der Waals surface area contributed by atoms with Gasteiger partial charge in [0.2, 0.25) is 16.9 Å². The number of benzene rings is 1. The van der Waals surface area contributed by atoms with Gasteiger partial charge >= 0.3 is 0 Å². The van der Waals surface area contributed by atoms with Crippen molar-refractivity contribution < 1.29 is 19.0 Å². The van der Waals surface area contributed by atoms with Gasteiger partial charge in [-0.3, -0.25) is 9.78 Å². The highest BCUT2D eigenvalue weighted by Crippen LogP contribution is 2.45. The number of thioether (sulfide) groups is 1. The molecule has 1 aromatic carbocycles. The lowest BCUT2D eigenvalue weighted by molar-refractivity contribution is -0.116. The summed E-state index contributed by atoms with van der Waals surface area (Å²) in [5.41, 5.74) is 3.36. The van der Waals surface area contributed by atoms with Gasteiger partial charge in [-0.15, -0.1) is 5.10 Å². The maximum Gasteiger partial charge on any atom is 0.227 e. The van der Waals surface area contributed by atoms with Gasteiger partial charge in [0.1, 0.15) is 6.04 Å². The van der Waals surface area contributed by atoms with Crippen molar-refractivity contribution in [1.82, 2.24) is 19.7 Å². The van der Waals surface area contributed by atoms with E-state index in [0.29, 0.717) is 46.1 Å². The summed E-state index contributed by atoms with van der Waals surface area (Å²) in [4.78, 5) is 22.2. The van der Waals surface area contributed by atoms with Crippen molar-refractivity contribution in [1.29, 1.82) is 0 Å². The van der Waals surface area contributed by atoms with E-state index in [1.165, 1.54) is 11.8 Å². The average Bonchev–Trinajstić information content (AvgIpc) is 3.28. The fourth-order valence-electron chi connectivity index (χ4n) is 4.39. The van der Waals surface area contributed by atoms with Crippen LogP contribution >= 0.6 is 11.8 Å². The van der Waals surface area contributed by atoms with Gasteiger partial charge in [0.15, 0.2) is 17.3 Å². The van der Waals surface area contributed by atoms with Gasteiger partial charge in [0.25, 0.3) is 0 Å². The molecule has 10 heteroatoms. The van der Waals surface area contributed by atoms with E-state index in [4.69, 9.17) is 24.3 Å². The molecule has 0 bridgehead atoms. The number of nitrogens with one attached hydrogen (secondary N) is 1. The Kier molecular flexibility index (Phi) is 6.14. The van der Waals surface area contributed by atoms with Gasteiger partial charge in [0.05, 0.1) is 27.0 Å². The summed E-state index contributed by atoms with van der Waals surface area (Å²) in [6, 6.07) is 9.11. The molecule has 1 aliphatic heterocycles. The van der Waals surface area contributed by atoms with Crippen molar-refractivity contribution in [3.8, 4) is 17.2 Å². The molecule has 1 atom stereocenters. The highest BCUT2D eigenvalue weighted by molar-refractivity contribution is 7.98. The summed E-state index contributed by atoms with van der Waals surface area (Å²) >= 11 is 1.50. The molecule has 176 valence electrons. The first kappa shape index (κ1) is 22.3. The third kappa shape index (κ3) is 3.98. The molecule has 0 spiro atoms. The first-order chi connectivity index (χ1) is 16.6. The van der Waals surface area contributed by atoms with Crippen LogP contribution in [0.3, 0.4) is 0 Å². The number of carbonyl (C=O) groups excluding carboxylic acids is 1. The van der Waals surface area contributed by atoms with E-state index in [-0.39, 0.29) is 5.78 Å². The number of fused-ring (bicyclic) bond motifs is 1. The average molecular weight is 480 g/mol. The molecule has 0 saturated heterocycles. The van der Waals surface area contributed by atoms with Crippen LogP contribution in [0.2, 0.25) is 0 Å². The molecular formula is C24H25N5O4S. The summed E-state index contributed by atoms with van der Waals surface area (Å²) in [5.74, 6) is 2.90. The van der Waals surface area contributed by atoms with Gasteiger partial charge in [-0.05, 0) is 42.7 Å². The minimum Gasteiger partial charge on any atom is -0.493 e. The Labute approximate surface area is 201 Å². The second kappa shape index (κ2) is 9.38. The first-order valence-electron chi connectivity index (χ1n) is 10.9. The Morgan fingerprint density at radius 3 is 2.59 bits per heavy atom. The maximum absolute atomic E-state index is 13.1. The highest BCUT2D eigenvalue weighted by Gasteiger charge is 2.37. The lowest BCUT2D eigenvalue weighted by Crippen LogP contribution is -2.31. The minimum absolute atomic E-state index is 0.108. The smallest absolute Gasteiger partial charge is 0.227 e. The van der Waals surface area contributed by atoms with E-state index >= 15 is 0 Å². The standard InChI is InChI=1S/C24H25N5O4S/c1-31-18-11-14(12-19(32-2)22(18)33-3)21-20-16(8-6-9-17(20)30)26-23-27-24(28-29(21)23)34-13-15-7-4-5-10-25-15/h4-5,7,10-12,21H,6,8-9,13H2,1-3H3,(H,26,27,28). The Balaban J connectivity index is 1.58. The van der Waals surface area contributed by atoms with Crippen LogP contribution in [0.1, 0.15) is 36.6 Å². The molecule has 3 aromatic rings. The zero-order valence-electron chi connectivity index (χ0n) is 19.2. The second-order valence-electron chi connectivity index (χ2n) is 7.93. The van der Waals surface area contributed by atoms with Crippen molar-refractivity contribution in [2.45, 2.75) is 36.2 Å². The van der Waals surface area contributed by atoms with Crippen LogP contribution in [-0.4, -0.2) is 46.9 Å². The summed E-state index contributed by atoms with van der Waals surface area (Å²) in [6.45, 7) is 0.